The molecule has 0 spiro atoms. The number of nitrogens with zero attached hydrogens (tertiary/aromatic N) is 1. The number of pyridine rings is 1. The second-order valence-electron chi connectivity index (χ2n) is 6.17. The molecule has 4 rings (SSSR count). The highest BCUT2D eigenvalue weighted by molar-refractivity contribution is 7.08. The van der Waals surface area contributed by atoms with Crippen molar-refractivity contribution in [3.63, 3.8) is 0 Å². The van der Waals surface area contributed by atoms with Crippen LogP contribution in [0.15, 0.2) is 83.3 Å². The van der Waals surface area contributed by atoms with Crippen LogP contribution >= 0.6 is 22.9 Å². The molecule has 1 atom stereocenters. The van der Waals surface area contributed by atoms with Crippen LogP contribution in [0.5, 0.6) is 0 Å². The predicted octanol–water partition coefficient (Wildman–Crippen LogP) is 5.31. The number of hydrogen-bond acceptors (Lipinski definition) is 4. The highest BCUT2D eigenvalue weighted by Crippen LogP contribution is 2.52. The van der Waals surface area contributed by atoms with Crippen molar-refractivity contribution < 1.29 is 10.2 Å². The van der Waals surface area contributed by atoms with Crippen molar-refractivity contribution in [3.8, 4) is 0 Å². The fraction of sp³-hybridized carbons (Fsp3) is 0.0952. The molecule has 1 aliphatic rings. The molecule has 1 aliphatic carbocycles. The summed E-state index contributed by atoms with van der Waals surface area (Å²) in [6.07, 6.45) is 6.24. The average Bonchev–Trinajstić information content (AvgIpc) is 3.26. The number of halogens is 1. The van der Waals surface area contributed by atoms with Gasteiger partial charge < -0.3 is 10.2 Å². The zero-order valence-corrected chi connectivity index (χ0v) is 15.3. The summed E-state index contributed by atoms with van der Waals surface area (Å²) < 4.78 is 0. The van der Waals surface area contributed by atoms with E-state index in [0.29, 0.717) is 21.7 Å². The summed E-state index contributed by atoms with van der Waals surface area (Å²) in [6, 6.07) is 12.9. The third-order valence-corrected chi connectivity index (χ3v) is 5.53. The van der Waals surface area contributed by atoms with E-state index in [1.54, 1.807) is 24.5 Å². The number of aliphatic hydroxyl groups excluding tert-OH is 2. The predicted molar refractivity (Wildman–Crippen MR) is 105 cm³/mol. The molecule has 1 aromatic carbocycles. The lowest BCUT2D eigenvalue weighted by molar-refractivity contribution is 0.204. The summed E-state index contributed by atoms with van der Waals surface area (Å²) in [5.74, 6) is 0.0857. The fourth-order valence-corrected chi connectivity index (χ4v) is 3.91. The molecule has 0 saturated carbocycles. The fourth-order valence-electron chi connectivity index (χ4n) is 3.15. The van der Waals surface area contributed by atoms with Gasteiger partial charge >= 0.3 is 0 Å². The highest BCUT2D eigenvalue weighted by Gasteiger charge is 2.45. The summed E-state index contributed by atoms with van der Waals surface area (Å²) >= 11 is 7.52. The lowest BCUT2D eigenvalue weighted by Gasteiger charge is -2.27. The molecule has 2 N–H and O–H groups in total. The van der Waals surface area contributed by atoms with Crippen LogP contribution in [-0.4, -0.2) is 15.2 Å². The molecule has 5 heteroatoms. The first-order valence-electron chi connectivity index (χ1n) is 8.12. The molecule has 0 radical (unpaired) electrons. The number of aliphatic hydroxyl groups is 2. The molecule has 26 heavy (non-hydrogen) atoms. The Bertz CT molecular complexity index is 957. The van der Waals surface area contributed by atoms with E-state index in [-0.39, 0.29) is 5.76 Å². The van der Waals surface area contributed by atoms with Crippen molar-refractivity contribution in [1.82, 2.24) is 4.98 Å². The minimum atomic E-state index is -0.991. The molecule has 130 valence electrons. The topological polar surface area (TPSA) is 53.4 Å². The molecule has 0 fully saturated rings. The van der Waals surface area contributed by atoms with Crippen LogP contribution < -0.4 is 0 Å². The van der Waals surface area contributed by atoms with Gasteiger partial charge in [-0.2, -0.15) is 11.3 Å². The maximum absolute atomic E-state index is 11.1. The number of hydrogen-bond donors (Lipinski definition) is 2. The zero-order valence-electron chi connectivity index (χ0n) is 13.7. The second-order valence-corrected chi connectivity index (χ2v) is 7.39. The van der Waals surface area contributed by atoms with E-state index < -0.39 is 11.5 Å². The van der Waals surface area contributed by atoms with E-state index in [2.05, 4.69) is 4.98 Å². The van der Waals surface area contributed by atoms with Gasteiger partial charge in [-0.15, -0.1) is 0 Å². The van der Waals surface area contributed by atoms with Crippen molar-refractivity contribution in [1.29, 1.82) is 0 Å². The molecular weight excluding hydrogens is 366 g/mol. The van der Waals surface area contributed by atoms with Gasteiger partial charge in [0.25, 0.3) is 0 Å². The van der Waals surface area contributed by atoms with Gasteiger partial charge in [0.1, 0.15) is 11.9 Å². The number of allylic oxidation sites excluding steroid dienone is 2. The average molecular weight is 382 g/mol. The van der Waals surface area contributed by atoms with E-state index >= 15 is 0 Å². The third kappa shape index (κ3) is 2.97. The molecule has 0 aliphatic heterocycles. The van der Waals surface area contributed by atoms with Crippen molar-refractivity contribution in [2.24, 2.45) is 0 Å². The summed E-state index contributed by atoms with van der Waals surface area (Å²) in [5, 5.41) is 26.6. The van der Waals surface area contributed by atoms with Gasteiger partial charge in [0.2, 0.25) is 0 Å². The Morgan fingerprint density at radius 1 is 1.12 bits per heavy atom. The largest absolute Gasteiger partial charge is 0.507 e. The van der Waals surface area contributed by atoms with E-state index in [9.17, 15) is 10.2 Å². The molecule has 1 unspecified atom stereocenters. The first kappa shape index (κ1) is 17.0. The Hall–Kier alpha value is -2.40. The lowest BCUT2D eigenvalue weighted by Crippen LogP contribution is -2.21. The summed E-state index contributed by atoms with van der Waals surface area (Å²) in [7, 11) is 0. The van der Waals surface area contributed by atoms with Crippen LogP contribution in [0.1, 0.15) is 22.8 Å². The number of rotatable bonds is 5. The van der Waals surface area contributed by atoms with E-state index in [4.69, 9.17) is 11.6 Å². The Kier molecular flexibility index (Phi) is 4.41. The molecule has 2 aromatic heterocycles. The molecule has 2 heterocycles. The Labute approximate surface area is 160 Å². The van der Waals surface area contributed by atoms with E-state index in [1.807, 2.05) is 53.2 Å². The highest BCUT2D eigenvalue weighted by atomic mass is 35.5. The van der Waals surface area contributed by atoms with Crippen molar-refractivity contribution in [2.45, 2.75) is 11.5 Å². The van der Waals surface area contributed by atoms with Crippen LogP contribution in [0.3, 0.4) is 0 Å². The molecule has 0 amide bonds. The summed E-state index contributed by atoms with van der Waals surface area (Å²) in [4.78, 5) is 4.10. The lowest BCUT2D eigenvalue weighted by atomic mass is 9.79. The standard InChI is InChI=1S/C21H16ClNO2S/c22-17-5-3-16(4-6-17)21(8-9-21)18(20(25)15-7-11-26-13-15)19(24)14-2-1-10-23-12-14/h1-13,19,24-25H/b20-18-. The van der Waals surface area contributed by atoms with Gasteiger partial charge in [-0.25, -0.2) is 0 Å². The van der Waals surface area contributed by atoms with Crippen molar-refractivity contribution >= 4 is 28.7 Å². The molecule has 0 saturated heterocycles. The van der Waals surface area contributed by atoms with E-state index in [0.717, 1.165) is 5.56 Å². The van der Waals surface area contributed by atoms with Gasteiger partial charge in [-0.3, -0.25) is 4.98 Å². The minimum Gasteiger partial charge on any atom is -0.507 e. The maximum Gasteiger partial charge on any atom is 0.127 e. The first-order chi connectivity index (χ1) is 12.6. The van der Waals surface area contributed by atoms with Gasteiger partial charge in [-0.1, -0.05) is 42.0 Å². The maximum atomic E-state index is 11.1. The summed E-state index contributed by atoms with van der Waals surface area (Å²) in [5.41, 5.74) is 2.15. The number of benzene rings is 1. The van der Waals surface area contributed by atoms with Crippen LogP contribution in [0, 0.1) is 0 Å². The SMILES string of the molecule is O/C(=C(/C(O)c1cccnc1)C1(c2ccc(Cl)cc2)C=C1)c1ccsc1. The molecular formula is C21H16ClNO2S. The Morgan fingerprint density at radius 3 is 2.46 bits per heavy atom. The van der Waals surface area contributed by atoms with Crippen LogP contribution in [0.4, 0.5) is 0 Å². The smallest absolute Gasteiger partial charge is 0.127 e. The van der Waals surface area contributed by atoms with Gasteiger partial charge in [0, 0.05) is 39.5 Å². The number of aromatic nitrogens is 1. The van der Waals surface area contributed by atoms with Gasteiger partial charge in [-0.05, 0) is 35.2 Å². The Balaban J connectivity index is 1.87. The van der Waals surface area contributed by atoms with E-state index in [1.165, 1.54) is 11.3 Å². The minimum absolute atomic E-state index is 0.0857. The quantitative estimate of drug-likeness (QED) is 0.465. The monoisotopic (exact) mass is 381 g/mol. The third-order valence-electron chi connectivity index (χ3n) is 4.59. The zero-order chi connectivity index (χ0) is 18.1. The van der Waals surface area contributed by atoms with Gasteiger partial charge in [0.15, 0.2) is 0 Å². The second kappa shape index (κ2) is 6.72. The van der Waals surface area contributed by atoms with Crippen molar-refractivity contribution in [2.75, 3.05) is 0 Å². The molecule has 3 aromatic rings. The molecule has 0 bridgehead atoms. The van der Waals surface area contributed by atoms with Crippen LogP contribution in [-0.2, 0) is 5.41 Å². The Morgan fingerprint density at radius 2 is 1.88 bits per heavy atom. The van der Waals surface area contributed by atoms with Crippen LogP contribution in [0.25, 0.3) is 5.76 Å². The summed E-state index contributed by atoms with van der Waals surface area (Å²) in [6.45, 7) is 0. The normalized spacial score (nSPS) is 16.8. The van der Waals surface area contributed by atoms with Gasteiger partial charge in [0.05, 0.1) is 5.41 Å². The number of thiophene rings is 1. The van der Waals surface area contributed by atoms with Crippen molar-refractivity contribution in [3.05, 3.63) is 105 Å². The first-order valence-corrected chi connectivity index (χ1v) is 9.44. The van der Waals surface area contributed by atoms with Crippen LogP contribution in [0.2, 0.25) is 5.02 Å². The molecule has 3 nitrogen and oxygen atoms in total.